The molecule has 150 valence electrons. The van der Waals surface area contributed by atoms with E-state index in [1.54, 1.807) is 0 Å². The lowest BCUT2D eigenvalue weighted by atomic mass is 9.90. The smallest absolute Gasteiger partial charge is 0.266 e. The number of benzene rings is 2. The van der Waals surface area contributed by atoms with Crippen LogP contribution >= 0.6 is 11.3 Å². The molecule has 2 heterocycles. The second kappa shape index (κ2) is 7.71. The number of aliphatic hydroxyl groups excluding tert-OH is 1. The molecule has 2 aromatic carbocycles. The number of aryl methyl sites for hydroxylation is 1. The molecule has 0 aliphatic rings. The quantitative estimate of drug-likeness (QED) is 0.448. The Labute approximate surface area is 172 Å². The topological polar surface area (TPSA) is 65.1 Å². The third kappa shape index (κ3) is 3.27. The molecule has 0 radical (unpaired) electrons. The minimum absolute atomic E-state index is 0.0426. The number of likely N-dealkylation sites (N-methyl/N-ethyl adjacent to an activating group) is 1. The molecule has 4 rings (SSSR count). The molecule has 0 fully saturated rings. The lowest BCUT2D eigenvalue weighted by Gasteiger charge is -2.17. The van der Waals surface area contributed by atoms with Crippen molar-refractivity contribution in [2.24, 2.45) is 0 Å². The van der Waals surface area contributed by atoms with Crippen molar-refractivity contribution in [1.29, 1.82) is 0 Å². The minimum Gasteiger partial charge on any atom is -0.392 e. The van der Waals surface area contributed by atoms with E-state index in [4.69, 9.17) is 0 Å². The van der Waals surface area contributed by atoms with Crippen molar-refractivity contribution in [2.45, 2.75) is 26.4 Å². The van der Waals surface area contributed by atoms with Crippen molar-refractivity contribution >= 4 is 32.3 Å². The van der Waals surface area contributed by atoms with Gasteiger partial charge < -0.3 is 15.4 Å². The number of nitrogens with one attached hydrogen (secondary N) is 2. The Hall–Kier alpha value is -2.54. The molecule has 1 atom stereocenters. The second-order valence-corrected chi connectivity index (χ2v) is 8.36. The fraction of sp³-hybridized carbons (Fsp3) is 0.261. The summed E-state index contributed by atoms with van der Waals surface area (Å²) in [5, 5.41) is 16.7. The Morgan fingerprint density at radius 1 is 1.28 bits per heavy atom. The highest BCUT2D eigenvalue weighted by Crippen LogP contribution is 2.39. The van der Waals surface area contributed by atoms with Gasteiger partial charge in [-0.25, -0.2) is 4.39 Å². The van der Waals surface area contributed by atoms with Gasteiger partial charge in [-0.3, -0.25) is 4.79 Å². The van der Waals surface area contributed by atoms with Crippen LogP contribution in [0.3, 0.4) is 0 Å². The summed E-state index contributed by atoms with van der Waals surface area (Å²) in [4.78, 5) is 15.5. The number of hydrogen-bond acceptors (Lipinski definition) is 4. The molecule has 0 spiro atoms. The standard InChI is InChI=1S/C23H23FN2O2S/c1-12-8-15(11-27)19(14-4-5-16(18(24)9-14)13(2)10-25-3)20-17-6-7-29-22(17)23(28)26-21(12)20/h4-9,13,25,27H,10-11H2,1-3H3,(H,26,28)/t13-/m0/s1. The molecular weight excluding hydrogens is 387 g/mol. The number of aromatic nitrogens is 1. The van der Waals surface area contributed by atoms with Crippen LogP contribution in [0.4, 0.5) is 4.39 Å². The number of H-pyrrole nitrogens is 1. The first kappa shape index (κ1) is 19.8. The van der Waals surface area contributed by atoms with Gasteiger partial charge in [-0.1, -0.05) is 25.1 Å². The second-order valence-electron chi connectivity index (χ2n) is 7.45. The van der Waals surface area contributed by atoms with Gasteiger partial charge in [-0.05, 0) is 65.2 Å². The van der Waals surface area contributed by atoms with E-state index in [0.29, 0.717) is 27.9 Å². The van der Waals surface area contributed by atoms with Crippen molar-refractivity contribution in [1.82, 2.24) is 10.3 Å². The zero-order valence-electron chi connectivity index (χ0n) is 16.6. The summed E-state index contributed by atoms with van der Waals surface area (Å²) in [5.41, 5.74) is 4.29. The number of thiophene rings is 1. The van der Waals surface area contributed by atoms with E-state index in [2.05, 4.69) is 10.3 Å². The number of aromatic amines is 1. The molecule has 0 bridgehead atoms. The molecule has 3 N–H and O–H groups in total. The first-order valence-electron chi connectivity index (χ1n) is 9.57. The van der Waals surface area contributed by atoms with Crippen LogP contribution in [0.1, 0.15) is 29.5 Å². The minimum atomic E-state index is -0.270. The highest BCUT2D eigenvalue weighted by atomic mass is 32.1. The third-order valence-electron chi connectivity index (χ3n) is 5.49. The predicted molar refractivity (Wildman–Crippen MR) is 118 cm³/mol. The van der Waals surface area contributed by atoms with Crippen LogP contribution in [-0.4, -0.2) is 23.7 Å². The Balaban J connectivity index is 2.05. The molecule has 0 saturated heterocycles. The summed E-state index contributed by atoms with van der Waals surface area (Å²) in [5.74, 6) is -0.227. The number of aliphatic hydroxyl groups is 1. The van der Waals surface area contributed by atoms with Gasteiger partial charge in [0.1, 0.15) is 10.5 Å². The highest BCUT2D eigenvalue weighted by molar-refractivity contribution is 7.17. The zero-order chi connectivity index (χ0) is 20.7. The van der Waals surface area contributed by atoms with Crippen LogP contribution in [0.5, 0.6) is 0 Å². The highest BCUT2D eigenvalue weighted by Gasteiger charge is 2.19. The van der Waals surface area contributed by atoms with Crippen LogP contribution in [0.25, 0.3) is 32.1 Å². The molecule has 4 aromatic rings. The van der Waals surface area contributed by atoms with E-state index >= 15 is 0 Å². The molecular formula is C23H23FN2O2S. The van der Waals surface area contributed by atoms with Crippen LogP contribution in [0.2, 0.25) is 0 Å². The Kier molecular flexibility index (Phi) is 5.25. The van der Waals surface area contributed by atoms with E-state index in [0.717, 1.165) is 27.4 Å². The number of fused-ring (bicyclic) bond motifs is 3. The summed E-state index contributed by atoms with van der Waals surface area (Å²) < 4.78 is 15.6. The SMILES string of the molecule is CNC[C@H](C)c1ccc(-c2c(CO)cc(C)c3[nH]c(=O)c4sccc4c23)cc1F. The fourth-order valence-corrected chi connectivity index (χ4v) is 4.92. The normalized spacial score (nSPS) is 12.7. The molecule has 0 aliphatic heterocycles. The van der Waals surface area contributed by atoms with E-state index < -0.39 is 0 Å². The number of halogens is 1. The maximum absolute atomic E-state index is 15.0. The van der Waals surface area contributed by atoms with Gasteiger partial charge in [0.05, 0.1) is 12.1 Å². The Bertz CT molecular complexity index is 1280. The van der Waals surface area contributed by atoms with Gasteiger partial charge in [0, 0.05) is 17.3 Å². The molecule has 0 aliphatic carbocycles. The largest absolute Gasteiger partial charge is 0.392 e. The summed E-state index contributed by atoms with van der Waals surface area (Å²) in [6.07, 6.45) is 0. The average Bonchev–Trinajstić information content (AvgIpc) is 3.19. The monoisotopic (exact) mass is 410 g/mol. The number of pyridine rings is 1. The van der Waals surface area contributed by atoms with Gasteiger partial charge in [-0.15, -0.1) is 11.3 Å². The Morgan fingerprint density at radius 3 is 2.76 bits per heavy atom. The average molecular weight is 411 g/mol. The molecule has 0 unspecified atom stereocenters. The summed E-state index contributed by atoms with van der Waals surface area (Å²) >= 11 is 1.38. The first-order chi connectivity index (χ1) is 14.0. The van der Waals surface area contributed by atoms with Gasteiger partial charge in [0.2, 0.25) is 0 Å². The predicted octanol–water partition coefficient (Wildman–Crippen LogP) is 4.67. The third-order valence-corrected chi connectivity index (χ3v) is 6.40. The van der Waals surface area contributed by atoms with Crippen molar-refractivity contribution in [2.75, 3.05) is 13.6 Å². The summed E-state index contributed by atoms with van der Waals surface area (Å²) in [7, 11) is 1.85. The van der Waals surface area contributed by atoms with Crippen LogP contribution in [0, 0.1) is 12.7 Å². The lowest BCUT2D eigenvalue weighted by molar-refractivity contribution is 0.282. The maximum Gasteiger partial charge on any atom is 0.266 e. The molecule has 29 heavy (non-hydrogen) atoms. The molecule has 4 nitrogen and oxygen atoms in total. The molecule has 2 aromatic heterocycles. The zero-order valence-corrected chi connectivity index (χ0v) is 17.4. The van der Waals surface area contributed by atoms with E-state index in [-0.39, 0.29) is 23.9 Å². The van der Waals surface area contributed by atoms with Crippen molar-refractivity contribution in [3.05, 3.63) is 68.6 Å². The molecule has 0 saturated carbocycles. The van der Waals surface area contributed by atoms with E-state index in [1.807, 2.05) is 50.5 Å². The van der Waals surface area contributed by atoms with Gasteiger partial charge in [0.25, 0.3) is 5.56 Å². The fourth-order valence-electron chi connectivity index (χ4n) is 4.12. The van der Waals surface area contributed by atoms with Crippen molar-refractivity contribution < 1.29 is 9.50 Å². The van der Waals surface area contributed by atoms with Gasteiger partial charge >= 0.3 is 0 Å². The molecule has 6 heteroatoms. The number of rotatable bonds is 5. The first-order valence-corrected chi connectivity index (χ1v) is 10.4. The molecule has 0 amide bonds. The lowest BCUT2D eigenvalue weighted by Crippen LogP contribution is -2.15. The summed E-state index contributed by atoms with van der Waals surface area (Å²) in [6, 6.07) is 9.03. The van der Waals surface area contributed by atoms with Crippen LogP contribution < -0.4 is 10.9 Å². The van der Waals surface area contributed by atoms with E-state index in [9.17, 15) is 14.3 Å². The van der Waals surface area contributed by atoms with E-state index in [1.165, 1.54) is 17.4 Å². The van der Waals surface area contributed by atoms with Crippen molar-refractivity contribution in [3.63, 3.8) is 0 Å². The van der Waals surface area contributed by atoms with Crippen LogP contribution in [0.15, 0.2) is 40.5 Å². The maximum atomic E-state index is 15.0. The Morgan fingerprint density at radius 2 is 2.07 bits per heavy atom. The van der Waals surface area contributed by atoms with Gasteiger partial charge in [0.15, 0.2) is 0 Å². The summed E-state index contributed by atoms with van der Waals surface area (Å²) in [6.45, 7) is 4.40. The van der Waals surface area contributed by atoms with Gasteiger partial charge in [-0.2, -0.15) is 0 Å². The van der Waals surface area contributed by atoms with Crippen LogP contribution in [-0.2, 0) is 6.61 Å². The van der Waals surface area contributed by atoms with Crippen molar-refractivity contribution in [3.8, 4) is 11.1 Å². The number of hydrogen-bond donors (Lipinski definition) is 3.